The molecule has 0 aliphatic carbocycles. The second kappa shape index (κ2) is 17.7. The molecule has 0 aromatic carbocycles. The van der Waals surface area contributed by atoms with Gasteiger partial charge in [0.2, 0.25) is 11.3 Å². The van der Waals surface area contributed by atoms with E-state index in [0.29, 0.717) is 6.42 Å². The first-order chi connectivity index (χ1) is 11.2. The molecule has 0 aromatic heterocycles. The van der Waals surface area contributed by atoms with Crippen LogP contribution in [0, 0.1) is 0 Å². The highest BCUT2D eigenvalue weighted by atomic mass is 35.5. The molecule has 23 heavy (non-hydrogen) atoms. The number of hydrogen-bond donors (Lipinski definition) is 0. The predicted octanol–water partition coefficient (Wildman–Crippen LogP) is 6.33. The third kappa shape index (κ3) is 17.5. The molecule has 0 aromatic rings. The van der Waals surface area contributed by atoms with Crippen LogP contribution in [-0.2, 0) is 9.59 Å². The number of isocyanates is 1. The molecule has 1 atom stereocenters. The Bertz CT molecular complexity index is 327. The van der Waals surface area contributed by atoms with Crippen LogP contribution in [-0.4, -0.2) is 17.4 Å². The van der Waals surface area contributed by atoms with Gasteiger partial charge in [-0.1, -0.05) is 77.6 Å². The zero-order chi connectivity index (χ0) is 17.2. The van der Waals surface area contributed by atoms with Gasteiger partial charge in [0, 0.05) is 6.42 Å². The molecule has 0 radical (unpaired) electrons. The van der Waals surface area contributed by atoms with Crippen LogP contribution in [0.25, 0.3) is 0 Å². The topological polar surface area (TPSA) is 46.5 Å². The van der Waals surface area contributed by atoms with Gasteiger partial charge in [0.1, 0.15) is 0 Å². The minimum Gasteiger partial charge on any atom is -0.281 e. The van der Waals surface area contributed by atoms with Crippen molar-refractivity contribution in [2.24, 2.45) is 4.99 Å². The van der Waals surface area contributed by atoms with E-state index in [1.54, 1.807) is 6.08 Å². The summed E-state index contributed by atoms with van der Waals surface area (Å²) in [6, 6.07) is 0.0759. The molecule has 3 nitrogen and oxygen atoms in total. The lowest BCUT2D eigenvalue weighted by atomic mass is 10.0. The number of unbranched alkanes of at least 4 members (excludes halogenated alkanes) is 10. The summed E-state index contributed by atoms with van der Waals surface area (Å²) in [6.07, 6.45) is 18.7. The van der Waals surface area contributed by atoms with Crippen LogP contribution in [0.3, 0.4) is 0 Å². The largest absolute Gasteiger partial charge is 0.281 e. The number of nitrogens with zero attached hydrogens (tertiary/aromatic N) is 1. The summed E-state index contributed by atoms with van der Waals surface area (Å²) in [5.74, 6) is 0. The Hall–Kier alpha value is -0.660. The number of hydrogen-bond acceptors (Lipinski definition) is 3. The Morgan fingerprint density at radius 2 is 1.35 bits per heavy atom. The number of rotatable bonds is 17. The van der Waals surface area contributed by atoms with E-state index < -0.39 is 0 Å². The first-order valence-corrected chi connectivity index (χ1v) is 9.83. The summed E-state index contributed by atoms with van der Waals surface area (Å²) in [5, 5.41) is -0.282. The van der Waals surface area contributed by atoms with E-state index in [9.17, 15) is 9.59 Å². The van der Waals surface area contributed by atoms with E-state index in [4.69, 9.17) is 11.6 Å². The molecule has 4 heteroatoms. The van der Waals surface area contributed by atoms with Gasteiger partial charge >= 0.3 is 0 Å². The van der Waals surface area contributed by atoms with E-state index in [1.165, 1.54) is 57.8 Å². The number of aliphatic imine (C=N–C) groups is 1. The van der Waals surface area contributed by atoms with E-state index in [0.717, 1.165) is 32.1 Å². The smallest absolute Gasteiger partial charge is 0.235 e. The highest BCUT2D eigenvalue weighted by Crippen LogP contribution is 2.16. The van der Waals surface area contributed by atoms with Crippen LogP contribution < -0.4 is 0 Å². The lowest BCUT2D eigenvalue weighted by Crippen LogP contribution is -2.04. The average Bonchev–Trinajstić information content (AvgIpc) is 2.53. The standard InChI is InChI=1S/C19H34ClNO2/c1-2-3-4-5-6-7-8-9-10-11-14-18(21-17-22)15-12-13-16-19(20)23/h18H,2-16H2,1H3. The van der Waals surface area contributed by atoms with E-state index in [1.807, 2.05) is 0 Å². The number of halogens is 1. The zero-order valence-electron chi connectivity index (χ0n) is 14.8. The molecule has 0 heterocycles. The molecule has 0 saturated heterocycles. The fourth-order valence-corrected chi connectivity index (χ4v) is 2.99. The molecule has 0 N–H and O–H groups in total. The molecule has 0 aliphatic heterocycles. The summed E-state index contributed by atoms with van der Waals surface area (Å²) in [7, 11) is 0. The second-order valence-corrected chi connectivity index (χ2v) is 6.87. The molecule has 0 bridgehead atoms. The normalized spacial score (nSPS) is 11.9. The maximum Gasteiger partial charge on any atom is 0.235 e. The maximum atomic E-state index is 10.7. The van der Waals surface area contributed by atoms with Crippen molar-refractivity contribution in [3.63, 3.8) is 0 Å². The van der Waals surface area contributed by atoms with Crippen molar-refractivity contribution in [1.82, 2.24) is 0 Å². The molecule has 0 spiro atoms. The maximum absolute atomic E-state index is 10.7. The first-order valence-electron chi connectivity index (χ1n) is 9.46. The van der Waals surface area contributed by atoms with Gasteiger partial charge in [0.05, 0.1) is 6.04 Å². The summed E-state index contributed by atoms with van der Waals surface area (Å²) in [5.41, 5.74) is 0. The number of carbonyl (C=O) groups excluding carboxylic acids is 2. The molecule has 0 saturated carbocycles. The van der Waals surface area contributed by atoms with Gasteiger partial charge in [0.25, 0.3) is 0 Å². The monoisotopic (exact) mass is 343 g/mol. The average molecular weight is 344 g/mol. The highest BCUT2D eigenvalue weighted by Gasteiger charge is 2.07. The quantitative estimate of drug-likeness (QED) is 0.134. The minimum absolute atomic E-state index is 0.0759. The van der Waals surface area contributed by atoms with Crippen LogP contribution in [0.5, 0.6) is 0 Å². The van der Waals surface area contributed by atoms with E-state index in [-0.39, 0.29) is 11.3 Å². The van der Waals surface area contributed by atoms with Crippen LogP contribution >= 0.6 is 11.6 Å². The Kier molecular flexibility index (Phi) is 17.2. The van der Waals surface area contributed by atoms with Gasteiger partial charge < -0.3 is 0 Å². The van der Waals surface area contributed by atoms with Gasteiger partial charge in [0.15, 0.2) is 0 Å². The third-order valence-electron chi connectivity index (χ3n) is 4.29. The fraction of sp³-hybridized carbons (Fsp3) is 0.895. The fourth-order valence-electron chi connectivity index (χ4n) is 2.86. The summed E-state index contributed by atoms with van der Waals surface area (Å²) in [6.45, 7) is 2.25. The van der Waals surface area contributed by atoms with E-state index in [2.05, 4.69) is 11.9 Å². The van der Waals surface area contributed by atoms with Gasteiger partial charge in [-0.15, -0.1) is 0 Å². The predicted molar refractivity (Wildman–Crippen MR) is 97.7 cm³/mol. The Labute approximate surface area is 147 Å². The summed E-state index contributed by atoms with van der Waals surface area (Å²) in [4.78, 5) is 25.0. The van der Waals surface area contributed by atoms with Gasteiger partial charge in [-0.05, 0) is 30.9 Å². The van der Waals surface area contributed by atoms with E-state index >= 15 is 0 Å². The molecule has 0 aliphatic rings. The molecule has 0 rings (SSSR count). The Balaban J connectivity index is 3.49. The van der Waals surface area contributed by atoms with Crippen molar-refractivity contribution in [1.29, 1.82) is 0 Å². The molecule has 0 fully saturated rings. The van der Waals surface area contributed by atoms with Crippen molar-refractivity contribution < 1.29 is 9.59 Å². The van der Waals surface area contributed by atoms with Crippen LogP contribution in [0.2, 0.25) is 0 Å². The number of carbonyl (C=O) groups is 1. The lowest BCUT2D eigenvalue weighted by molar-refractivity contribution is -0.111. The van der Waals surface area contributed by atoms with Gasteiger partial charge in [-0.2, -0.15) is 0 Å². The van der Waals surface area contributed by atoms with Crippen LogP contribution in [0.1, 0.15) is 103 Å². The molecular weight excluding hydrogens is 310 g/mol. The Morgan fingerprint density at radius 1 is 0.870 bits per heavy atom. The van der Waals surface area contributed by atoms with Crippen molar-refractivity contribution >= 4 is 22.9 Å². The Morgan fingerprint density at radius 3 is 1.83 bits per heavy atom. The van der Waals surface area contributed by atoms with Crippen LogP contribution in [0.15, 0.2) is 4.99 Å². The van der Waals surface area contributed by atoms with Crippen molar-refractivity contribution in [2.45, 2.75) is 109 Å². The minimum atomic E-state index is -0.282. The molecule has 134 valence electrons. The molecule has 1 unspecified atom stereocenters. The second-order valence-electron chi connectivity index (χ2n) is 6.45. The molecule has 0 amide bonds. The van der Waals surface area contributed by atoms with Gasteiger partial charge in [-0.3, -0.25) is 4.79 Å². The lowest BCUT2D eigenvalue weighted by Gasteiger charge is -2.10. The summed E-state index contributed by atoms with van der Waals surface area (Å²) < 4.78 is 0. The zero-order valence-corrected chi connectivity index (χ0v) is 15.6. The van der Waals surface area contributed by atoms with Crippen molar-refractivity contribution in [3.8, 4) is 0 Å². The highest BCUT2D eigenvalue weighted by molar-refractivity contribution is 6.63. The van der Waals surface area contributed by atoms with Crippen LogP contribution in [0.4, 0.5) is 0 Å². The SMILES string of the molecule is CCCCCCCCCCCCC(CCCCC(=O)Cl)N=C=O. The first kappa shape index (κ1) is 22.3. The van der Waals surface area contributed by atoms with Crippen molar-refractivity contribution in [2.75, 3.05) is 0 Å². The molecular formula is C19H34ClNO2. The summed E-state index contributed by atoms with van der Waals surface area (Å²) >= 11 is 5.31. The van der Waals surface area contributed by atoms with Crippen molar-refractivity contribution in [3.05, 3.63) is 0 Å². The third-order valence-corrected chi connectivity index (χ3v) is 4.48. The van der Waals surface area contributed by atoms with Gasteiger partial charge in [-0.25, -0.2) is 9.79 Å².